The lowest BCUT2D eigenvalue weighted by Gasteiger charge is -2.05. The van der Waals surface area contributed by atoms with Crippen molar-refractivity contribution in [3.8, 4) is 0 Å². The average molecular weight is 339 g/mol. The molecule has 0 fully saturated rings. The number of alkyl carbamates (subject to hydrolysis) is 1. The number of benzene rings is 2. The number of aromatic amines is 1. The van der Waals surface area contributed by atoms with Crippen molar-refractivity contribution in [1.82, 2.24) is 15.3 Å². The molecule has 0 aliphatic heterocycles. The normalized spacial score (nSPS) is 10.4. The number of imidazole rings is 1. The van der Waals surface area contributed by atoms with Crippen LogP contribution >= 0.6 is 0 Å². The molecule has 25 heavy (non-hydrogen) atoms. The van der Waals surface area contributed by atoms with Gasteiger partial charge in [0.25, 0.3) is 0 Å². The maximum absolute atomic E-state index is 11.8. The van der Waals surface area contributed by atoms with Crippen molar-refractivity contribution < 1.29 is 19.1 Å². The quantitative estimate of drug-likeness (QED) is 0.697. The summed E-state index contributed by atoms with van der Waals surface area (Å²) in [6.45, 7) is 0.349. The predicted molar refractivity (Wildman–Crippen MR) is 90.9 cm³/mol. The second kappa shape index (κ2) is 7.48. The van der Waals surface area contributed by atoms with E-state index < -0.39 is 12.1 Å². The molecule has 0 radical (unpaired) electrons. The SMILES string of the molecule is COC(=O)c1cccc2[nH]c(CNC(=O)OCc3ccccc3)nc12. The number of nitrogens with zero attached hydrogens (tertiary/aromatic N) is 1. The predicted octanol–water partition coefficient (Wildman–Crippen LogP) is 2.78. The Bertz CT molecular complexity index is 890. The minimum absolute atomic E-state index is 0.156. The molecule has 128 valence electrons. The van der Waals surface area contributed by atoms with E-state index in [4.69, 9.17) is 9.47 Å². The number of hydrogen-bond acceptors (Lipinski definition) is 5. The van der Waals surface area contributed by atoms with Crippen LogP contribution in [0, 0.1) is 0 Å². The number of methoxy groups -OCH3 is 1. The Hall–Kier alpha value is -3.35. The number of esters is 1. The average Bonchev–Trinajstić information content (AvgIpc) is 3.08. The Morgan fingerprint density at radius 1 is 1.12 bits per heavy atom. The Morgan fingerprint density at radius 2 is 1.92 bits per heavy atom. The summed E-state index contributed by atoms with van der Waals surface area (Å²) in [5, 5.41) is 2.62. The molecule has 7 nitrogen and oxygen atoms in total. The van der Waals surface area contributed by atoms with Crippen LogP contribution in [0.15, 0.2) is 48.5 Å². The summed E-state index contributed by atoms with van der Waals surface area (Å²) in [6, 6.07) is 14.6. The highest BCUT2D eigenvalue weighted by Gasteiger charge is 2.14. The van der Waals surface area contributed by atoms with E-state index in [0.717, 1.165) is 5.56 Å². The van der Waals surface area contributed by atoms with Crippen LogP contribution in [0.1, 0.15) is 21.7 Å². The fourth-order valence-electron chi connectivity index (χ4n) is 2.37. The summed E-state index contributed by atoms with van der Waals surface area (Å²) >= 11 is 0. The summed E-state index contributed by atoms with van der Waals surface area (Å²) in [7, 11) is 1.32. The third-order valence-corrected chi connectivity index (χ3v) is 3.58. The second-order valence-electron chi connectivity index (χ2n) is 5.29. The van der Waals surface area contributed by atoms with Crippen LogP contribution in [-0.4, -0.2) is 29.1 Å². The molecule has 2 aromatic carbocycles. The number of para-hydroxylation sites is 1. The molecule has 2 N–H and O–H groups in total. The van der Waals surface area contributed by atoms with Crippen LogP contribution in [0.4, 0.5) is 4.79 Å². The van der Waals surface area contributed by atoms with Gasteiger partial charge in [0.05, 0.1) is 24.7 Å². The topological polar surface area (TPSA) is 93.3 Å². The van der Waals surface area contributed by atoms with Crippen LogP contribution in [-0.2, 0) is 22.6 Å². The molecule has 0 aliphatic rings. The fourth-order valence-corrected chi connectivity index (χ4v) is 2.37. The van der Waals surface area contributed by atoms with Gasteiger partial charge in [-0.15, -0.1) is 0 Å². The van der Waals surface area contributed by atoms with Crippen molar-refractivity contribution in [2.75, 3.05) is 7.11 Å². The standard InChI is InChI=1S/C18H17N3O4/c1-24-17(22)13-8-5-9-14-16(13)21-15(20-14)10-19-18(23)25-11-12-6-3-2-4-7-12/h2-9H,10-11H2,1H3,(H,19,23)(H,20,21). The number of fused-ring (bicyclic) bond motifs is 1. The molecule has 0 spiro atoms. The molecule has 0 unspecified atom stereocenters. The minimum atomic E-state index is -0.544. The third-order valence-electron chi connectivity index (χ3n) is 3.58. The zero-order valence-corrected chi connectivity index (χ0v) is 13.6. The first-order valence-electron chi connectivity index (χ1n) is 7.68. The van der Waals surface area contributed by atoms with Gasteiger partial charge >= 0.3 is 12.1 Å². The highest BCUT2D eigenvalue weighted by atomic mass is 16.5. The molecule has 0 atom stereocenters. The van der Waals surface area contributed by atoms with E-state index in [0.29, 0.717) is 22.4 Å². The number of amides is 1. The Morgan fingerprint density at radius 3 is 2.68 bits per heavy atom. The Labute approximate surface area is 144 Å². The maximum atomic E-state index is 11.8. The van der Waals surface area contributed by atoms with Crippen LogP contribution < -0.4 is 5.32 Å². The largest absolute Gasteiger partial charge is 0.465 e. The zero-order valence-electron chi connectivity index (χ0n) is 13.6. The molecular weight excluding hydrogens is 322 g/mol. The van der Waals surface area contributed by atoms with Gasteiger partial charge in [-0.1, -0.05) is 36.4 Å². The van der Waals surface area contributed by atoms with E-state index in [1.807, 2.05) is 30.3 Å². The van der Waals surface area contributed by atoms with E-state index in [1.54, 1.807) is 18.2 Å². The Kier molecular flexibility index (Phi) is 4.94. The summed E-state index contributed by atoms with van der Waals surface area (Å²) < 4.78 is 9.88. The summed E-state index contributed by atoms with van der Waals surface area (Å²) in [5.41, 5.74) is 2.47. The van der Waals surface area contributed by atoms with Gasteiger partial charge in [-0.2, -0.15) is 0 Å². The molecule has 0 saturated carbocycles. The number of H-pyrrole nitrogens is 1. The second-order valence-corrected chi connectivity index (χ2v) is 5.29. The monoisotopic (exact) mass is 339 g/mol. The van der Waals surface area contributed by atoms with E-state index >= 15 is 0 Å². The number of rotatable bonds is 5. The van der Waals surface area contributed by atoms with Gasteiger partial charge in [0.15, 0.2) is 0 Å². The van der Waals surface area contributed by atoms with Gasteiger partial charge < -0.3 is 19.8 Å². The summed E-state index contributed by atoms with van der Waals surface area (Å²) in [4.78, 5) is 30.9. The minimum Gasteiger partial charge on any atom is -0.465 e. The van der Waals surface area contributed by atoms with Gasteiger partial charge in [-0.05, 0) is 17.7 Å². The number of aromatic nitrogens is 2. The molecule has 1 heterocycles. The van der Waals surface area contributed by atoms with Gasteiger partial charge in [0.2, 0.25) is 0 Å². The lowest BCUT2D eigenvalue weighted by atomic mass is 10.2. The molecule has 1 aromatic heterocycles. The molecule has 1 amide bonds. The summed E-state index contributed by atoms with van der Waals surface area (Å²) in [6.07, 6.45) is -0.544. The summed E-state index contributed by atoms with van der Waals surface area (Å²) in [5.74, 6) is 0.0573. The number of hydrogen-bond donors (Lipinski definition) is 2. The Balaban J connectivity index is 1.61. The van der Waals surface area contributed by atoms with Crippen molar-refractivity contribution in [2.24, 2.45) is 0 Å². The molecule has 3 aromatic rings. The third kappa shape index (κ3) is 3.95. The van der Waals surface area contributed by atoms with Crippen molar-refractivity contribution in [2.45, 2.75) is 13.2 Å². The molecule has 0 saturated heterocycles. The number of nitrogens with one attached hydrogen (secondary N) is 2. The first-order chi connectivity index (χ1) is 12.2. The van der Waals surface area contributed by atoms with E-state index in [-0.39, 0.29) is 13.2 Å². The van der Waals surface area contributed by atoms with Crippen molar-refractivity contribution in [3.05, 3.63) is 65.5 Å². The number of carbonyl (C=O) groups excluding carboxylic acids is 2. The van der Waals surface area contributed by atoms with Gasteiger partial charge in [0, 0.05) is 0 Å². The first-order valence-corrected chi connectivity index (χ1v) is 7.68. The highest BCUT2D eigenvalue weighted by molar-refractivity contribution is 6.01. The van der Waals surface area contributed by atoms with Gasteiger partial charge in [0.1, 0.15) is 17.9 Å². The molecule has 7 heteroatoms. The van der Waals surface area contributed by atoms with E-state index in [1.165, 1.54) is 7.11 Å². The zero-order chi connectivity index (χ0) is 17.6. The van der Waals surface area contributed by atoms with Crippen molar-refractivity contribution in [1.29, 1.82) is 0 Å². The number of carbonyl (C=O) groups is 2. The van der Waals surface area contributed by atoms with E-state index in [2.05, 4.69) is 15.3 Å². The smallest absolute Gasteiger partial charge is 0.407 e. The lowest BCUT2D eigenvalue weighted by molar-refractivity contribution is 0.0602. The van der Waals surface area contributed by atoms with Gasteiger partial charge in [-0.3, -0.25) is 0 Å². The van der Waals surface area contributed by atoms with Crippen LogP contribution in [0.2, 0.25) is 0 Å². The van der Waals surface area contributed by atoms with E-state index in [9.17, 15) is 9.59 Å². The number of ether oxygens (including phenoxy) is 2. The van der Waals surface area contributed by atoms with Crippen LogP contribution in [0.5, 0.6) is 0 Å². The molecule has 0 aliphatic carbocycles. The maximum Gasteiger partial charge on any atom is 0.407 e. The fraction of sp³-hybridized carbons (Fsp3) is 0.167. The van der Waals surface area contributed by atoms with Crippen molar-refractivity contribution >= 4 is 23.1 Å². The van der Waals surface area contributed by atoms with Crippen molar-refractivity contribution in [3.63, 3.8) is 0 Å². The first kappa shape index (κ1) is 16.5. The van der Waals surface area contributed by atoms with Gasteiger partial charge in [-0.25, -0.2) is 14.6 Å². The molecular formula is C18H17N3O4. The van der Waals surface area contributed by atoms with Crippen LogP contribution in [0.3, 0.4) is 0 Å². The highest BCUT2D eigenvalue weighted by Crippen LogP contribution is 2.17. The molecule has 3 rings (SSSR count). The van der Waals surface area contributed by atoms with Crippen LogP contribution in [0.25, 0.3) is 11.0 Å². The molecule has 0 bridgehead atoms. The lowest BCUT2D eigenvalue weighted by Crippen LogP contribution is -2.24.